The highest BCUT2D eigenvalue weighted by Crippen LogP contribution is 2.33. The summed E-state index contributed by atoms with van der Waals surface area (Å²) in [7, 11) is 0. The summed E-state index contributed by atoms with van der Waals surface area (Å²) < 4.78 is 14.8. The lowest BCUT2D eigenvalue weighted by Crippen LogP contribution is -2.02. The van der Waals surface area contributed by atoms with Crippen molar-refractivity contribution >= 4 is 44.7 Å². The fraction of sp³-hybridized carbons (Fsp3) is 0.0833. The van der Waals surface area contributed by atoms with E-state index in [-0.39, 0.29) is 11.3 Å². The SMILES string of the molecule is Cc1ccc(C(=O)c2cc(Br)c(Cl)s2)c(F)c1. The Morgan fingerprint density at radius 3 is 2.65 bits per heavy atom. The number of ketones is 1. The topological polar surface area (TPSA) is 17.1 Å². The van der Waals surface area contributed by atoms with Gasteiger partial charge in [-0.15, -0.1) is 11.3 Å². The minimum Gasteiger partial charge on any atom is -0.288 e. The monoisotopic (exact) mass is 332 g/mol. The van der Waals surface area contributed by atoms with Crippen LogP contribution in [-0.4, -0.2) is 5.78 Å². The number of hydrogen-bond donors (Lipinski definition) is 0. The van der Waals surface area contributed by atoms with Crippen molar-refractivity contribution in [2.75, 3.05) is 0 Å². The molecule has 0 aliphatic carbocycles. The number of hydrogen-bond acceptors (Lipinski definition) is 2. The maximum absolute atomic E-state index is 13.6. The molecule has 0 saturated carbocycles. The zero-order chi connectivity index (χ0) is 12.6. The highest BCUT2D eigenvalue weighted by molar-refractivity contribution is 9.10. The van der Waals surface area contributed by atoms with Gasteiger partial charge in [0.2, 0.25) is 5.78 Å². The standard InChI is InChI=1S/C12H7BrClFOS/c1-6-2-3-7(9(15)4-6)11(16)10-5-8(13)12(14)17-10/h2-5H,1H3. The molecule has 17 heavy (non-hydrogen) atoms. The predicted molar refractivity (Wildman–Crippen MR) is 71.6 cm³/mol. The Labute approximate surface area is 115 Å². The smallest absolute Gasteiger partial charge is 0.205 e. The van der Waals surface area contributed by atoms with Gasteiger partial charge in [0, 0.05) is 4.47 Å². The average Bonchev–Trinajstić information content (AvgIpc) is 2.58. The van der Waals surface area contributed by atoms with E-state index in [1.54, 1.807) is 19.1 Å². The molecule has 88 valence electrons. The Balaban J connectivity index is 2.43. The van der Waals surface area contributed by atoms with Crippen molar-refractivity contribution in [1.29, 1.82) is 0 Å². The zero-order valence-electron chi connectivity index (χ0n) is 8.76. The molecule has 0 fully saturated rings. The Bertz CT molecular complexity index is 575. The van der Waals surface area contributed by atoms with Crippen molar-refractivity contribution in [2.24, 2.45) is 0 Å². The lowest BCUT2D eigenvalue weighted by molar-refractivity contribution is 0.103. The first kappa shape index (κ1) is 12.7. The molecule has 0 saturated heterocycles. The van der Waals surface area contributed by atoms with Gasteiger partial charge in [-0.1, -0.05) is 17.7 Å². The van der Waals surface area contributed by atoms with E-state index in [0.717, 1.165) is 16.9 Å². The second-order valence-electron chi connectivity index (χ2n) is 3.54. The van der Waals surface area contributed by atoms with E-state index in [1.165, 1.54) is 12.1 Å². The summed E-state index contributed by atoms with van der Waals surface area (Å²) in [6, 6.07) is 6.15. The van der Waals surface area contributed by atoms with Crippen molar-refractivity contribution in [2.45, 2.75) is 6.92 Å². The lowest BCUT2D eigenvalue weighted by atomic mass is 10.1. The van der Waals surface area contributed by atoms with Crippen LogP contribution in [0.2, 0.25) is 4.34 Å². The molecule has 2 rings (SSSR count). The molecule has 2 aromatic rings. The average molecular weight is 334 g/mol. The van der Waals surface area contributed by atoms with Crippen LogP contribution in [0.1, 0.15) is 20.8 Å². The normalized spacial score (nSPS) is 10.6. The number of carbonyl (C=O) groups is 1. The van der Waals surface area contributed by atoms with Crippen LogP contribution in [-0.2, 0) is 0 Å². The van der Waals surface area contributed by atoms with Gasteiger partial charge < -0.3 is 0 Å². The van der Waals surface area contributed by atoms with Crippen molar-refractivity contribution in [3.8, 4) is 0 Å². The molecule has 0 bridgehead atoms. The molecule has 0 N–H and O–H groups in total. The largest absolute Gasteiger partial charge is 0.288 e. The van der Waals surface area contributed by atoms with Gasteiger partial charge in [0.25, 0.3) is 0 Å². The van der Waals surface area contributed by atoms with Gasteiger partial charge in [0.05, 0.1) is 10.4 Å². The highest BCUT2D eigenvalue weighted by atomic mass is 79.9. The fourth-order valence-corrected chi connectivity index (χ4v) is 3.05. The molecule has 1 aromatic carbocycles. The minimum atomic E-state index is -0.504. The van der Waals surface area contributed by atoms with Gasteiger partial charge in [-0.2, -0.15) is 0 Å². The highest BCUT2D eigenvalue weighted by Gasteiger charge is 2.17. The van der Waals surface area contributed by atoms with E-state index in [9.17, 15) is 9.18 Å². The molecule has 1 heterocycles. The number of halogens is 3. The second-order valence-corrected chi connectivity index (χ2v) is 6.05. The zero-order valence-corrected chi connectivity index (χ0v) is 11.9. The molecule has 0 atom stereocenters. The van der Waals surface area contributed by atoms with Crippen LogP contribution in [0.4, 0.5) is 4.39 Å². The van der Waals surface area contributed by atoms with Gasteiger partial charge in [0.15, 0.2) is 0 Å². The molecule has 0 aliphatic rings. The van der Waals surface area contributed by atoms with Crippen molar-refractivity contribution in [3.63, 3.8) is 0 Å². The van der Waals surface area contributed by atoms with Crippen molar-refractivity contribution in [3.05, 3.63) is 54.9 Å². The third-order valence-corrected chi connectivity index (χ3v) is 4.71. The summed E-state index contributed by atoms with van der Waals surface area (Å²) in [5.74, 6) is -0.851. The number of thiophene rings is 1. The van der Waals surface area contributed by atoms with Gasteiger partial charge in [-0.25, -0.2) is 4.39 Å². The maximum Gasteiger partial charge on any atom is 0.205 e. The summed E-state index contributed by atoms with van der Waals surface area (Å²) in [6.07, 6.45) is 0. The first-order chi connectivity index (χ1) is 7.99. The first-order valence-electron chi connectivity index (χ1n) is 4.74. The molecule has 0 unspecified atom stereocenters. The molecule has 1 aromatic heterocycles. The summed E-state index contributed by atoms with van der Waals surface area (Å²) >= 11 is 10.2. The summed E-state index contributed by atoms with van der Waals surface area (Å²) in [5.41, 5.74) is 0.852. The van der Waals surface area contributed by atoms with E-state index in [0.29, 0.717) is 13.7 Å². The quantitative estimate of drug-likeness (QED) is 0.719. The van der Waals surface area contributed by atoms with Gasteiger partial charge in [-0.3, -0.25) is 4.79 Å². The Morgan fingerprint density at radius 1 is 1.41 bits per heavy atom. The molecular weight excluding hydrogens is 327 g/mol. The van der Waals surface area contributed by atoms with Crippen molar-refractivity contribution < 1.29 is 9.18 Å². The van der Waals surface area contributed by atoms with E-state index in [1.807, 2.05) is 0 Å². The van der Waals surface area contributed by atoms with E-state index >= 15 is 0 Å². The molecule has 0 radical (unpaired) electrons. The Kier molecular flexibility index (Phi) is 3.66. The fourth-order valence-electron chi connectivity index (χ4n) is 1.40. The van der Waals surface area contributed by atoms with E-state index in [2.05, 4.69) is 15.9 Å². The van der Waals surface area contributed by atoms with E-state index < -0.39 is 5.82 Å². The van der Waals surface area contributed by atoms with Crippen LogP contribution in [0, 0.1) is 12.7 Å². The van der Waals surface area contributed by atoms with Crippen LogP contribution >= 0.6 is 38.9 Å². The molecule has 0 spiro atoms. The molecule has 0 amide bonds. The lowest BCUT2D eigenvalue weighted by Gasteiger charge is -2.01. The minimum absolute atomic E-state index is 0.0704. The third kappa shape index (κ3) is 2.59. The Hall–Kier alpha value is -0.710. The summed E-state index contributed by atoms with van der Waals surface area (Å²) in [4.78, 5) is 12.5. The third-order valence-electron chi connectivity index (χ3n) is 2.24. The van der Waals surface area contributed by atoms with E-state index in [4.69, 9.17) is 11.6 Å². The molecule has 1 nitrogen and oxygen atoms in total. The molecule has 0 aliphatic heterocycles. The number of carbonyl (C=O) groups excluding carboxylic acids is 1. The van der Waals surface area contributed by atoms with Gasteiger partial charge in [-0.05, 0) is 46.6 Å². The van der Waals surface area contributed by atoms with Gasteiger partial charge in [0.1, 0.15) is 10.2 Å². The van der Waals surface area contributed by atoms with Crippen LogP contribution in [0.3, 0.4) is 0 Å². The van der Waals surface area contributed by atoms with Crippen LogP contribution in [0.25, 0.3) is 0 Å². The summed E-state index contributed by atoms with van der Waals surface area (Å²) in [5, 5.41) is 0. The predicted octanol–water partition coefficient (Wildman–Crippen LogP) is 4.84. The Morgan fingerprint density at radius 2 is 2.12 bits per heavy atom. The number of benzene rings is 1. The number of aryl methyl sites for hydroxylation is 1. The van der Waals surface area contributed by atoms with Crippen molar-refractivity contribution in [1.82, 2.24) is 0 Å². The maximum atomic E-state index is 13.6. The summed E-state index contributed by atoms with van der Waals surface area (Å²) in [6.45, 7) is 1.77. The molecule has 5 heteroatoms. The number of rotatable bonds is 2. The van der Waals surface area contributed by atoms with Crippen LogP contribution in [0.5, 0.6) is 0 Å². The molecular formula is C12H7BrClFOS. The first-order valence-corrected chi connectivity index (χ1v) is 6.73. The second kappa shape index (κ2) is 4.88. The van der Waals surface area contributed by atoms with Crippen LogP contribution < -0.4 is 0 Å². The van der Waals surface area contributed by atoms with Crippen LogP contribution in [0.15, 0.2) is 28.7 Å². The van der Waals surface area contributed by atoms with Gasteiger partial charge >= 0.3 is 0 Å².